The van der Waals surface area contributed by atoms with Crippen molar-refractivity contribution in [3.05, 3.63) is 34.1 Å². The lowest BCUT2D eigenvalue weighted by Gasteiger charge is -2.11. The van der Waals surface area contributed by atoms with Gasteiger partial charge in [0.15, 0.2) is 0 Å². The summed E-state index contributed by atoms with van der Waals surface area (Å²) >= 11 is 3.29. The molecule has 0 radical (unpaired) electrons. The van der Waals surface area contributed by atoms with Crippen LogP contribution in [0.2, 0.25) is 0 Å². The first-order valence-electron chi connectivity index (χ1n) is 5.83. The van der Waals surface area contributed by atoms with Gasteiger partial charge in [-0.15, -0.1) is 0 Å². The number of aliphatic carboxylic acids is 1. The minimum atomic E-state index is -0.958. The molecule has 0 saturated heterocycles. The smallest absolute Gasteiger partial charge is 0.305 e. The summed E-state index contributed by atoms with van der Waals surface area (Å²) in [4.78, 5) is 22.0. The van der Waals surface area contributed by atoms with Gasteiger partial charge in [-0.25, -0.2) is 4.39 Å². The topological polar surface area (TPSA) is 66.4 Å². The largest absolute Gasteiger partial charge is 0.481 e. The Kier molecular flexibility index (Phi) is 5.95. The molecule has 6 heteroatoms. The Hall–Kier alpha value is -1.43. The van der Waals surface area contributed by atoms with E-state index in [0.29, 0.717) is 12.0 Å². The van der Waals surface area contributed by atoms with E-state index in [1.54, 1.807) is 13.0 Å². The van der Waals surface area contributed by atoms with Crippen LogP contribution in [0.15, 0.2) is 22.7 Å². The molecule has 1 rings (SSSR count). The van der Waals surface area contributed by atoms with Gasteiger partial charge < -0.3 is 10.4 Å². The molecular formula is C13H15BrFNO3. The second-order valence-electron chi connectivity index (χ2n) is 4.30. The van der Waals surface area contributed by atoms with Gasteiger partial charge in [0.2, 0.25) is 5.91 Å². The van der Waals surface area contributed by atoms with Gasteiger partial charge >= 0.3 is 5.97 Å². The Morgan fingerprint density at radius 1 is 1.47 bits per heavy atom. The lowest BCUT2D eigenvalue weighted by Crippen LogP contribution is -2.34. The van der Waals surface area contributed by atoms with Crippen molar-refractivity contribution in [2.45, 2.75) is 32.2 Å². The maximum absolute atomic E-state index is 13.0. The van der Waals surface area contributed by atoms with Crippen LogP contribution >= 0.6 is 15.9 Å². The molecule has 0 spiro atoms. The normalized spacial score (nSPS) is 11.9. The molecule has 0 heterocycles. The molecule has 19 heavy (non-hydrogen) atoms. The van der Waals surface area contributed by atoms with E-state index < -0.39 is 12.0 Å². The van der Waals surface area contributed by atoms with Gasteiger partial charge in [0.1, 0.15) is 5.82 Å². The standard InChI is InChI=1S/C13H15BrFNO3/c1-8(6-13(18)19)16-12(17)5-2-9-7-10(15)3-4-11(9)14/h3-4,7-8H,2,5-6H2,1H3,(H,16,17)(H,18,19). The number of aryl methyl sites for hydroxylation is 1. The van der Waals surface area contributed by atoms with Crippen LogP contribution in [-0.4, -0.2) is 23.0 Å². The molecule has 0 aliphatic heterocycles. The maximum Gasteiger partial charge on any atom is 0.305 e. The number of carboxylic acids is 1. The fourth-order valence-corrected chi connectivity index (χ4v) is 2.09. The average molecular weight is 332 g/mol. The highest BCUT2D eigenvalue weighted by molar-refractivity contribution is 9.10. The zero-order chi connectivity index (χ0) is 14.4. The average Bonchev–Trinajstić information content (AvgIpc) is 2.29. The van der Waals surface area contributed by atoms with E-state index in [0.717, 1.165) is 4.47 Å². The molecule has 4 nitrogen and oxygen atoms in total. The maximum atomic E-state index is 13.0. The fourth-order valence-electron chi connectivity index (χ4n) is 1.64. The highest BCUT2D eigenvalue weighted by Crippen LogP contribution is 2.19. The Morgan fingerprint density at radius 2 is 2.16 bits per heavy atom. The molecular weight excluding hydrogens is 317 g/mol. The highest BCUT2D eigenvalue weighted by atomic mass is 79.9. The first-order chi connectivity index (χ1) is 8.88. The van der Waals surface area contributed by atoms with Crippen LogP contribution in [0.5, 0.6) is 0 Å². The summed E-state index contributed by atoms with van der Waals surface area (Å²) in [7, 11) is 0. The molecule has 0 aliphatic rings. The van der Waals surface area contributed by atoms with Gasteiger partial charge in [0.05, 0.1) is 6.42 Å². The number of amides is 1. The van der Waals surface area contributed by atoms with Crippen LogP contribution in [0.4, 0.5) is 4.39 Å². The van der Waals surface area contributed by atoms with Gasteiger partial charge in [-0.05, 0) is 37.1 Å². The lowest BCUT2D eigenvalue weighted by atomic mass is 10.1. The molecule has 1 aromatic carbocycles. The van der Waals surface area contributed by atoms with Crippen molar-refractivity contribution in [2.75, 3.05) is 0 Å². The van der Waals surface area contributed by atoms with Crippen molar-refractivity contribution in [1.82, 2.24) is 5.32 Å². The Labute approximate surface area is 119 Å². The van der Waals surface area contributed by atoms with Crippen LogP contribution in [0.3, 0.4) is 0 Å². The predicted octanol–water partition coefficient (Wildman–Crippen LogP) is 2.50. The third-order valence-electron chi connectivity index (χ3n) is 2.52. The second-order valence-corrected chi connectivity index (χ2v) is 5.16. The number of hydrogen-bond donors (Lipinski definition) is 2. The number of carboxylic acid groups (broad SMARTS) is 1. The number of nitrogens with one attached hydrogen (secondary N) is 1. The first-order valence-corrected chi connectivity index (χ1v) is 6.63. The van der Waals surface area contributed by atoms with Crippen molar-refractivity contribution >= 4 is 27.8 Å². The molecule has 0 aliphatic carbocycles. The van der Waals surface area contributed by atoms with E-state index in [1.807, 2.05) is 0 Å². The lowest BCUT2D eigenvalue weighted by molar-refractivity contribution is -0.137. The monoisotopic (exact) mass is 331 g/mol. The Bertz CT molecular complexity index is 479. The molecule has 0 fully saturated rings. The van der Waals surface area contributed by atoms with Crippen LogP contribution in [-0.2, 0) is 16.0 Å². The van der Waals surface area contributed by atoms with Crippen molar-refractivity contribution in [2.24, 2.45) is 0 Å². The Balaban J connectivity index is 2.46. The minimum absolute atomic E-state index is 0.116. The molecule has 0 aromatic heterocycles. The second kappa shape index (κ2) is 7.23. The highest BCUT2D eigenvalue weighted by Gasteiger charge is 2.11. The summed E-state index contributed by atoms with van der Waals surface area (Å²) in [5.74, 6) is -1.55. The zero-order valence-electron chi connectivity index (χ0n) is 10.5. The number of carbonyl (C=O) groups is 2. The van der Waals surface area contributed by atoms with Gasteiger partial charge in [0, 0.05) is 16.9 Å². The molecule has 1 unspecified atom stereocenters. The van der Waals surface area contributed by atoms with Gasteiger partial charge in [-0.3, -0.25) is 9.59 Å². The van der Waals surface area contributed by atoms with Gasteiger partial charge in [-0.2, -0.15) is 0 Å². The van der Waals surface area contributed by atoms with Crippen molar-refractivity contribution in [3.63, 3.8) is 0 Å². The summed E-state index contributed by atoms with van der Waals surface area (Å²) in [6.45, 7) is 1.63. The molecule has 0 bridgehead atoms. The van der Waals surface area contributed by atoms with E-state index in [2.05, 4.69) is 21.2 Å². The summed E-state index contributed by atoms with van der Waals surface area (Å²) in [5.41, 5.74) is 0.709. The number of halogens is 2. The zero-order valence-corrected chi connectivity index (χ0v) is 12.0. The first kappa shape index (κ1) is 15.6. The number of rotatable bonds is 6. The van der Waals surface area contributed by atoms with E-state index in [4.69, 9.17) is 5.11 Å². The van der Waals surface area contributed by atoms with Crippen molar-refractivity contribution in [3.8, 4) is 0 Å². The summed E-state index contributed by atoms with van der Waals surface area (Å²) < 4.78 is 13.8. The van der Waals surface area contributed by atoms with Crippen molar-refractivity contribution < 1.29 is 19.1 Å². The van der Waals surface area contributed by atoms with Crippen LogP contribution in [0.1, 0.15) is 25.3 Å². The van der Waals surface area contributed by atoms with E-state index >= 15 is 0 Å². The molecule has 1 atom stereocenters. The summed E-state index contributed by atoms with van der Waals surface area (Å²) in [5, 5.41) is 11.2. The molecule has 0 saturated carbocycles. The van der Waals surface area contributed by atoms with Gasteiger partial charge in [-0.1, -0.05) is 15.9 Å². The molecule has 1 aromatic rings. The number of carbonyl (C=O) groups excluding carboxylic acids is 1. The number of benzene rings is 1. The van der Waals surface area contributed by atoms with Crippen LogP contribution in [0.25, 0.3) is 0 Å². The Morgan fingerprint density at radius 3 is 2.79 bits per heavy atom. The summed E-state index contributed by atoms with van der Waals surface area (Å²) in [6, 6.07) is 3.89. The van der Waals surface area contributed by atoms with E-state index in [1.165, 1.54) is 12.1 Å². The summed E-state index contributed by atoms with van der Waals surface area (Å²) in [6.07, 6.45) is 0.464. The molecule has 2 N–H and O–H groups in total. The third kappa shape index (κ3) is 5.83. The quantitative estimate of drug-likeness (QED) is 0.841. The van der Waals surface area contributed by atoms with Crippen LogP contribution < -0.4 is 5.32 Å². The van der Waals surface area contributed by atoms with E-state index in [9.17, 15) is 14.0 Å². The SMILES string of the molecule is CC(CC(=O)O)NC(=O)CCc1cc(F)ccc1Br. The third-order valence-corrected chi connectivity index (χ3v) is 3.29. The van der Waals surface area contributed by atoms with E-state index in [-0.39, 0.29) is 24.6 Å². The predicted molar refractivity (Wildman–Crippen MR) is 72.3 cm³/mol. The number of hydrogen-bond acceptors (Lipinski definition) is 2. The molecule has 1 amide bonds. The van der Waals surface area contributed by atoms with Gasteiger partial charge in [0.25, 0.3) is 0 Å². The minimum Gasteiger partial charge on any atom is -0.481 e. The fraction of sp³-hybridized carbons (Fsp3) is 0.385. The van der Waals surface area contributed by atoms with Crippen molar-refractivity contribution in [1.29, 1.82) is 0 Å². The van der Waals surface area contributed by atoms with Crippen LogP contribution in [0, 0.1) is 5.82 Å². The molecule has 104 valence electrons.